The van der Waals surface area contributed by atoms with Gasteiger partial charge in [0, 0.05) is 9.75 Å². The number of hydrogen-bond acceptors (Lipinski definition) is 3. The second-order valence-electron chi connectivity index (χ2n) is 4.96. The number of carbonyl (C=O) groups is 1. The fraction of sp³-hybridized carbons (Fsp3) is 0.438. The molecule has 2 aromatic heterocycles. The summed E-state index contributed by atoms with van der Waals surface area (Å²) in [4.78, 5) is 17.2. The number of nitrogens with zero attached hydrogens (tertiary/aromatic N) is 1. The van der Waals surface area contributed by atoms with Crippen LogP contribution in [0.5, 0.6) is 0 Å². The molecule has 2 aromatic rings. The molecule has 0 fully saturated rings. The van der Waals surface area contributed by atoms with E-state index in [-0.39, 0.29) is 9.83 Å². The van der Waals surface area contributed by atoms with E-state index in [0.717, 1.165) is 32.4 Å². The Morgan fingerprint density at radius 2 is 1.76 bits per heavy atom. The number of alkyl halides is 1. The predicted octanol–water partition coefficient (Wildman–Crippen LogP) is 5.33. The van der Waals surface area contributed by atoms with E-state index in [1.165, 1.54) is 9.75 Å². The molecule has 2 nitrogen and oxygen atoms in total. The summed E-state index contributed by atoms with van der Waals surface area (Å²) in [5.41, 5.74) is 0. The first kappa shape index (κ1) is 17.0. The van der Waals surface area contributed by atoms with Gasteiger partial charge in [-0.05, 0) is 29.3 Å². The molecule has 1 atom stereocenters. The number of halogens is 1. The molecule has 0 aliphatic carbocycles. The summed E-state index contributed by atoms with van der Waals surface area (Å²) < 4.78 is 0.0856. The molecule has 1 unspecified atom stereocenters. The monoisotopic (exact) mass is 433 g/mol. The van der Waals surface area contributed by atoms with E-state index >= 15 is 0 Å². The molecule has 21 heavy (non-hydrogen) atoms. The number of carbonyl (C=O) groups excluding carboxylic acids is 1. The zero-order valence-electron chi connectivity index (χ0n) is 12.1. The lowest BCUT2D eigenvalue weighted by Crippen LogP contribution is -2.35. The van der Waals surface area contributed by atoms with E-state index in [9.17, 15) is 4.79 Å². The molecule has 2 rings (SSSR count). The van der Waals surface area contributed by atoms with Crippen molar-refractivity contribution in [2.24, 2.45) is 0 Å². The van der Waals surface area contributed by atoms with E-state index in [4.69, 9.17) is 0 Å². The summed E-state index contributed by atoms with van der Waals surface area (Å²) in [7, 11) is 0. The van der Waals surface area contributed by atoms with E-state index in [0.29, 0.717) is 0 Å². The van der Waals surface area contributed by atoms with Crippen molar-refractivity contribution in [2.75, 3.05) is 0 Å². The van der Waals surface area contributed by atoms with Crippen molar-refractivity contribution in [1.29, 1.82) is 0 Å². The Balaban J connectivity index is 2.04. The average molecular weight is 433 g/mol. The largest absolute Gasteiger partial charge is 0.332 e. The van der Waals surface area contributed by atoms with E-state index < -0.39 is 0 Å². The Kier molecular flexibility index (Phi) is 7.19. The molecule has 0 spiro atoms. The van der Waals surface area contributed by atoms with Crippen LogP contribution in [-0.2, 0) is 17.9 Å². The van der Waals surface area contributed by atoms with Crippen LogP contribution in [0.15, 0.2) is 35.0 Å². The number of thiophene rings is 2. The number of rotatable bonds is 8. The van der Waals surface area contributed by atoms with Gasteiger partial charge in [-0.25, -0.2) is 0 Å². The van der Waals surface area contributed by atoms with Gasteiger partial charge in [-0.3, -0.25) is 4.79 Å². The van der Waals surface area contributed by atoms with Crippen LogP contribution in [0.2, 0.25) is 0 Å². The van der Waals surface area contributed by atoms with Crippen LogP contribution in [-0.4, -0.2) is 14.7 Å². The summed E-state index contributed by atoms with van der Waals surface area (Å²) in [6.07, 6.45) is 3.23. The SMILES string of the molecule is CCCCC(I)C(=O)N(Cc1cccs1)Cc1cccs1. The van der Waals surface area contributed by atoms with Crippen LogP contribution in [0.3, 0.4) is 0 Å². The summed E-state index contributed by atoms with van der Waals surface area (Å²) in [6, 6.07) is 8.31. The maximum atomic E-state index is 12.7. The molecule has 0 aromatic carbocycles. The minimum Gasteiger partial charge on any atom is -0.332 e. The fourth-order valence-electron chi connectivity index (χ4n) is 2.10. The predicted molar refractivity (Wildman–Crippen MR) is 100 cm³/mol. The van der Waals surface area contributed by atoms with Crippen LogP contribution in [0.1, 0.15) is 35.9 Å². The smallest absolute Gasteiger partial charge is 0.236 e. The Labute approximate surface area is 148 Å². The highest BCUT2D eigenvalue weighted by atomic mass is 127. The van der Waals surface area contributed by atoms with Crippen LogP contribution < -0.4 is 0 Å². The van der Waals surface area contributed by atoms with Gasteiger partial charge < -0.3 is 4.90 Å². The van der Waals surface area contributed by atoms with Gasteiger partial charge in [-0.2, -0.15) is 0 Å². The van der Waals surface area contributed by atoms with Crippen LogP contribution in [0.4, 0.5) is 0 Å². The Morgan fingerprint density at radius 3 is 2.19 bits per heavy atom. The van der Waals surface area contributed by atoms with Crippen molar-refractivity contribution < 1.29 is 4.79 Å². The van der Waals surface area contributed by atoms with E-state index in [1.54, 1.807) is 22.7 Å². The van der Waals surface area contributed by atoms with Crippen LogP contribution in [0, 0.1) is 0 Å². The topological polar surface area (TPSA) is 20.3 Å². The third-order valence-electron chi connectivity index (χ3n) is 3.24. The van der Waals surface area contributed by atoms with E-state index in [1.807, 2.05) is 17.0 Å². The van der Waals surface area contributed by atoms with Crippen molar-refractivity contribution in [3.63, 3.8) is 0 Å². The lowest BCUT2D eigenvalue weighted by molar-refractivity contribution is -0.131. The number of unbranched alkanes of at least 4 members (excludes halogenated alkanes) is 1. The highest BCUT2D eigenvalue weighted by Gasteiger charge is 2.22. The molecule has 0 aliphatic rings. The maximum Gasteiger partial charge on any atom is 0.236 e. The summed E-state index contributed by atoms with van der Waals surface area (Å²) in [5.74, 6) is 0.269. The highest BCUT2D eigenvalue weighted by Crippen LogP contribution is 2.21. The van der Waals surface area contributed by atoms with Crippen LogP contribution in [0.25, 0.3) is 0 Å². The zero-order chi connectivity index (χ0) is 15.1. The second kappa shape index (κ2) is 8.90. The zero-order valence-corrected chi connectivity index (χ0v) is 15.9. The maximum absolute atomic E-state index is 12.7. The Bertz CT molecular complexity index is 488. The lowest BCUT2D eigenvalue weighted by atomic mass is 10.2. The normalized spacial score (nSPS) is 12.3. The molecular formula is C16H20INOS2. The van der Waals surface area contributed by atoms with Crippen LogP contribution >= 0.6 is 45.3 Å². The fourth-order valence-corrected chi connectivity index (χ4v) is 4.37. The molecule has 114 valence electrons. The first-order valence-electron chi connectivity index (χ1n) is 7.18. The third-order valence-corrected chi connectivity index (χ3v) is 6.12. The summed E-state index contributed by atoms with van der Waals surface area (Å²) in [5, 5.41) is 4.14. The minimum absolute atomic E-state index is 0.0856. The summed E-state index contributed by atoms with van der Waals surface area (Å²) in [6.45, 7) is 3.61. The highest BCUT2D eigenvalue weighted by molar-refractivity contribution is 14.1. The van der Waals surface area contributed by atoms with Gasteiger partial charge in [0.25, 0.3) is 0 Å². The lowest BCUT2D eigenvalue weighted by Gasteiger charge is -2.24. The van der Waals surface area contributed by atoms with Gasteiger partial charge in [0.15, 0.2) is 0 Å². The van der Waals surface area contributed by atoms with Crippen molar-refractivity contribution >= 4 is 51.2 Å². The van der Waals surface area contributed by atoms with Gasteiger partial charge in [0.05, 0.1) is 17.0 Å². The minimum atomic E-state index is 0.0856. The van der Waals surface area contributed by atoms with Gasteiger partial charge in [0.2, 0.25) is 5.91 Å². The second-order valence-corrected chi connectivity index (χ2v) is 8.53. The molecule has 1 amide bonds. The molecule has 0 saturated heterocycles. The van der Waals surface area contributed by atoms with Gasteiger partial charge in [0.1, 0.15) is 0 Å². The van der Waals surface area contributed by atoms with Gasteiger partial charge in [-0.1, -0.05) is 54.5 Å². The number of hydrogen-bond donors (Lipinski definition) is 0. The van der Waals surface area contributed by atoms with Gasteiger partial charge >= 0.3 is 0 Å². The summed E-state index contributed by atoms with van der Waals surface area (Å²) >= 11 is 5.74. The van der Waals surface area contributed by atoms with Crippen molar-refractivity contribution in [3.8, 4) is 0 Å². The molecule has 0 N–H and O–H groups in total. The molecule has 5 heteroatoms. The van der Waals surface area contributed by atoms with Crippen molar-refractivity contribution in [3.05, 3.63) is 44.8 Å². The molecule has 0 aliphatic heterocycles. The molecule has 2 heterocycles. The molecule has 0 saturated carbocycles. The quantitative estimate of drug-likeness (QED) is 0.407. The third kappa shape index (κ3) is 5.38. The van der Waals surface area contributed by atoms with E-state index in [2.05, 4.69) is 52.4 Å². The number of amides is 1. The Hall–Kier alpha value is -0.400. The van der Waals surface area contributed by atoms with Crippen molar-refractivity contribution in [2.45, 2.75) is 43.2 Å². The average Bonchev–Trinajstić information content (AvgIpc) is 3.16. The van der Waals surface area contributed by atoms with Gasteiger partial charge in [-0.15, -0.1) is 22.7 Å². The molecule has 0 bridgehead atoms. The molecular weight excluding hydrogens is 413 g/mol. The first-order valence-corrected chi connectivity index (χ1v) is 10.2. The Morgan fingerprint density at radius 1 is 1.19 bits per heavy atom. The first-order chi connectivity index (χ1) is 10.2. The van der Waals surface area contributed by atoms with Crippen molar-refractivity contribution in [1.82, 2.24) is 4.90 Å². The standard InChI is InChI=1S/C16H20INOS2/c1-2-3-8-15(17)16(19)18(11-13-6-4-9-20-13)12-14-7-5-10-21-14/h4-7,9-10,15H,2-3,8,11-12H2,1H3. The molecule has 0 radical (unpaired) electrons.